The Labute approximate surface area is 75.0 Å². The zero-order valence-electron chi connectivity index (χ0n) is 6.88. The van der Waals surface area contributed by atoms with Crippen LogP contribution in [0, 0.1) is 0 Å². The van der Waals surface area contributed by atoms with Gasteiger partial charge in [0.2, 0.25) is 0 Å². The average Bonchev–Trinajstić information content (AvgIpc) is 2.44. The van der Waals surface area contributed by atoms with Crippen molar-refractivity contribution in [1.29, 1.82) is 0 Å². The Hall–Kier alpha value is -1.97. The summed E-state index contributed by atoms with van der Waals surface area (Å²) in [5.41, 5.74) is 1.11. The van der Waals surface area contributed by atoms with Gasteiger partial charge in [0, 0.05) is 6.20 Å². The molecule has 3 aliphatic rings. The molecule has 4 heteroatoms. The van der Waals surface area contributed by atoms with E-state index < -0.39 is 0 Å². The minimum Gasteiger partial charge on any atom is -0.214 e. The molecule has 0 aromatic heterocycles. The molecule has 0 fully saturated rings. The van der Waals surface area contributed by atoms with Crippen LogP contribution in [0.4, 0.5) is 11.5 Å². The second kappa shape index (κ2) is 2.26. The predicted octanol–water partition coefficient (Wildman–Crippen LogP) is 1.69. The summed E-state index contributed by atoms with van der Waals surface area (Å²) in [5, 5.41) is 9.05. The van der Waals surface area contributed by atoms with E-state index in [2.05, 4.69) is 10.3 Å². The monoisotopic (exact) mass is 172 g/mol. The normalized spacial score (nSPS) is 12.5. The van der Waals surface area contributed by atoms with Crippen LogP contribution in [0.5, 0.6) is 0 Å². The third-order valence-electron chi connectivity index (χ3n) is 2.06. The van der Waals surface area contributed by atoms with Gasteiger partial charge in [-0.15, -0.1) is 5.10 Å². The molecule has 0 amide bonds. The number of aromatic nitrogens is 3. The van der Waals surface area contributed by atoms with E-state index in [1.807, 2.05) is 52.4 Å². The second-order valence-corrected chi connectivity index (χ2v) is 2.88. The molecule has 0 aliphatic carbocycles. The summed E-state index contributed by atoms with van der Waals surface area (Å²) >= 11 is 0. The topological polar surface area (TPSA) is 36.9 Å². The molecule has 3 heterocycles. The van der Waals surface area contributed by atoms with Crippen molar-refractivity contribution in [3.8, 4) is 0 Å². The summed E-state index contributed by atoms with van der Waals surface area (Å²) in [6.45, 7) is 0. The van der Waals surface area contributed by atoms with Crippen molar-refractivity contribution >= 4 is 11.5 Å². The standard InChI is InChI=1S/C9H8N4/c1-2-6-9-10-11-12-7-3-5-8(4-1)13(9)12/h1-7,11H. The highest BCUT2D eigenvalue weighted by Crippen LogP contribution is 2.25. The molecule has 0 spiro atoms. The Kier molecular flexibility index (Phi) is 1.14. The number of rotatable bonds is 0. The fraction of sp³-hybridized carbons (Fsp3) is 0. The molecule has 0 radical (unpaired) electrons. The summed E-state index contributed by atoms with van der Waals surface area (Å²) < 4.78 is 0. The molecular weight excluding hydrogens is 164 g/mol. The van der Waals surface area contributed by atoms with Gasteiger partial charge in [-0.1, -0.05) is 12.1 Å². The fourth-order valence-corrected chi connectivity index (χ4v) is 1.49. The maximum Gasteiger partial charge on any atom is 0.175 e. The number of nitrogens with zero attached hydrogens (tertiary/aromatic N) is 3. The molecule has 4 nitrogen and oxygen atoms in total. The summed E-state index contributed by atoms with van der Waals surface area (Å²) in [5.74, 6) is 0.903. The average molecular weight is 172 g/mol. The Morgan fingerprint density at radius 2 is 1.92 bits per heavy atom. The summed E-state index contributed by atoms with van der Waals surface area (Å²) in [6, 6.07) is 12.0. The van der Waals surface area contributed by atoms with Crippen LogP contribution in [0.2, 0.25) is 0 Å². The lowest BCUT2D eigenvalue weighted by molar-refractivity contribution is 0.694. The van der Waals surface area contributed by atoms with Crippen molar-refractivity contribution in [3.05, 3.63) is 42.6 Å². The molecule has 0 aromatic carbocycles. The number of aromatic amines is 1. The molecule has 0 bridgehead atoms. The largest absolute Gasteiger partial charge is 0.214 e. The van der Waals surface area contributed by atoms with Gasteiger partial charge >= 0.3 is 0 Å². The minimum absolute atomic E-state index is 0.903. The van der Waals surface area contributed by atoms with Crippen molar-refractivity contribution in [2.75, 3.05) is 5.01 Å². The van der Waals surface area contributed by atoms with E-state index >= 15 is 0 Å². The molecule has 13 heavy (non-hydrogen) atoms. The molecule has 0 atom stereocenters. The Bertz CT molecular complexity index is 450. The van der Waals surface area contributed by atoms with Crippen LogP contribution in [0.3, 0.4) is 0 Å². The van der Waals surface area contributed by atoms with Crippen molar-refractivity contribution in [2.24, 2.45) is 0 Å². The second-order valence-electron chi connectivity index (χ2n) is 2.88. The number of hydrogen-bond donors (Lipinski definition) is 1. The number of hydrogen-bond acceptors (Lipinski definition) is 2. The molecule has 0 saturated heterocycles. The van der Waals surface area contributed by atoms with Gasteiger partial charge in [-0.2, -0.15) is 10.0 Å². The van der Waals surface area contributed by atoms with Crippen molar-refractivity contribution in [3.63, 3.8) is 0 Å². The highest BCUT2D eigenvalue weighted by atomic mass is 15.8. The van der Waals surface area contributed by atoms with Crippen molar-refractivity contribution in [1.82, 2.24) is 15.1 Å². The van der Waals surface area contributed by atoms with Crippen LogP contribution >= 0.6 is 0 Å². The van der Waals surface area contributed by atoms with Gasteiger partial charge in [-0.25, -0.2) is 5.01 Å². The Morgan fingerprint density at radius 3 is 2.92 bits per heavy atom. The predicted molar refractivity (Wildman–Crippen MR) is 49.4 cm³/mol. The minimum atomic E-state index is 0.903. The Balaban J connectivity index is 2.38. The molecule has 0 saturated carbocycles. The van der Waals surface area contributed by atoms with Crippen LogP contribution in [-0.2, 0) is 0 Å². The van der Waals surface area contributed by atoms with Crippen LogP contribution < -0.4 is 5.01 Å². The first kappa shape index (κ1) is 6.54. The lowest BCUT2D eigenvalue weighted by Gasteiger charge is -2.19. The van der Waals surface area contributed by atoms with Crippen LogP contribution in [0.25, 0.3) is 0 Å². The van der Waals surface area contributed by atoms with Gasteiger partial charge < -0.3 is 0 Å². The van der Waals surface area contributed by atoms with E-state index in [0.717, 1.165) is 11.5 Å². The van der Waals surface area contributed by atoms with Gasteiger partial charge in [0.25, 0.3) is 0 Å². The smallest absolute Gasteiger partial charge is 0.175 e. The SMILES string of the molecule is c1ccc2n[nH]n3cccc(c1)N23. The van der Waals surface area contributed by atoms with Crippen LogP contribution in [-0.4, -0.2) is 15.1 Å². The van der Waals surface area contributed by atoms with E-state index in [9.17, 15) is 0 Å². The van der Waals surface area contributed by atoms with Crippen molar-refractivity contribution < 1.29 is 0 Å². The van der Waals surface area contributed by atoms with E-state index in [0.29, 0.717) is 0 Å². The molecule has 3 rings (SSSR count). The van der Waals surface area contributed by atoms with Gasteiger partial charge in [0.15, 0.2) is 5.82 Å². The number of anilines is 2. The number of nitrogens with one attached hydrogen (secondary N) is 1. The molecule has 0 unspecified atom stereocenters. The third-order valence-corrected chi connectivity index (χ3v) is 2.06. The summed E-state index contributed by atoms with van der Waals surface area (Å²) in [4.78, 5) is 1.84. The molecule has 1 N–H and O–H groups in total. The molecule has 64 valence electrons. The van der Waals surface area contributed by atoms with Crippen molar-refractivity contribution in [2.45, 2.75) is 0 Å². The lowest BCUT2D eigenvalue weighted by Crippen LogP contribution is -2.22. The zero-order chi connectivity index (χ0) is 8.67. The van der Waals surface area contributed by atoms with Crippen LogP contribution in [0.1, 0.15) is 0 Å². The van der Waals surface area contributed by atoms with E-state index in [1.165, 1.54) is 0 Å². The Morgan fingerprint density at radius 1 is 1.08 bits per heavy atom. The van der Waals surface area contributed by atoms with E-state index in [1.54, 1.807) is 0 Å². The van der Waals surface area contributed by atoms with Gasteiger partial charge in [-0.05, 0) is 24.3 Å². The first-order valence-corrected chi connectivity index (χ1v) is 4.11. The van der Waals surface area contributed by atoms with Gasteiger partial charge in [0.05, 0.1) is 5.69 Å². The molecular formula is C9H8N4. The highest BCUT2D eigenvalue weighted by molar-refractivity contribution is 5.60. The summed E-state index contributed by atoms with van der Waals surface area (Å²) in [7, 11) is 0. The van der Waals surface area contributed by atoms with E-state index in [4.69, 9.17) is 0 Å². The lowest BCUT2D eigenvalue weighted by atomic mass is 10.4. The van der Waals surface area contributed by atoms with Crippen LogP contribution in [0.15, 0.2) is 42.6 Å². The molecule has 3 aliphatic heterocycles. The third kappa shape index (κ3) is 0.823. The maximum atomic E-state index is 4.16. The van der Waals surface area contributed by atoms with Gasteiger partial charge in [-0.3, -0.25) is 0 Å². The fourth-order valence-electron chi connectivity index (χ4n) is 1.49. The summed E-state index contributed by atoms with van der Waals surface area (Å²) in [6.07, 6.45) is 1.92. The first-order chi connectivity index (χ1) is 6.45. The van der Waals surface area contributed by atoms with Gasteiger partial charge in [0.1, 0.15) is 0 Å². The maximum absolute atomic E-state index is 4.16. The zero-order valence-corrected chi connectivity index (χ0v) is 6.88. The van der Waals surface area contributed by atoms with E-state index in [-0.39, 0.29) is 0 Å². The first-order valence-electron chi connectivity index (χ1n) is 4.11. The molecule has 0 aromatic rings. The quantitative estimate of drug-likeness (QED) is 0.560. The highest BCUT2D eigenvalue weighted by Gasteiger charge is 2.16. The number of H-pyrrole nitrogens is 1.